The van der Waals surface area contributed by atoms with Gasteiger partial charge in [0.15, 0.2) is 0 Å². The molecule has 0 aliphatic rings. The third-order valence-electron chi connectivity index (χ3n) is 3.25. The van der Waals surface area contributed by atoms with Crippen LogP contribution in [0.25, 0.3) is 0 Å². The van der Waals surface area contributed by atoms with Gasteiger partial charge in [0.05, 0.1) is 13.7 Å². The van der Waals surface area contributed by atoms with Gasteiger partial charge in [-0.15, -0.1) is 0 Å². The minimum absolute atomic E-state index is 0.277. The Kier molecular flexibility index (Phi) is 8.53. The predicted octanol–water partition coefficient (Wildman–Crippen LogP) is 1.60. The molecule has 4 heteroatoms. The summed E-state index contributed by atoms with van der Waals surface area (Å²) >= 11 is 0. The van der Waals surface area contributed by atoms with Crippen LogP contribution in [0.3, 0.4) is 0 Å². The molecule has 0 saturated heterocycles. The van der Waals surface area contributed by atoms with Crippen molar-refractivity contribution in [3.05, 3.63) is 29.3 Å². The van der Waals surface area contributed by atoms with Crippen molar-refractivity contribution < 1.29 is 9.84 Å². The van der Waals surface area contributed by atoms with E-state index in [9.17, 15) is 0 Å². The molecule has 0 aliphatic heterocycles. The fourth-order valence-corrected chi connectivity index (χ4v) is 2.17. The highest BCUT2D eigenvalue weighted by Gasteiger charge is 2.07. The first kappa shape index (κ1) is 17.5. The van der Waals surface area contributed by atoms with Crippen LogP contribution in [0.4, 0.5) is 0 Å². The second-order valence-corrected chi connectivity index (χ2v) is 5.05. The Morgan fingerprint density at radius 1 is 1.29 bits per heavy atom. The van der Waals surface area contributed by atoms with Gasteiger partial charge in [0.25, 0.3) is 0 Å². The molecule has 0 amide bonds. The van der Waals surface area contributed by atoms with Gasteiger partial charge in [0.1, 0.15) is 5.75 Å². The molecule has 0 bridgehead atoms. The normalized spacial score (nSPS) is 10.3. The molecule has 0 aliphatic carbocycles. The van der Waals surface area contributed by atoms with Crippen molar-refractivity contribution in [1.29, 1.82) is 0 Å². The molecule has 0 radical (unpaired) electrons. The minimum atomic E-state index is 0.277. The van der Waals surface area contributed by atoms with Crippen LogP contribution in [0.2, 0.25) is 0 Å². The topological polar surface area (TPSA) is 58.7 Å². The molecule has 0 saturated carbocycles. The summed E-state index contributed by atoms with van der Waals surface area (Å²) in [5.74, 6) is 6.81. The van der Waals surface area contributed by atoms with Gasteiger partial charge in [-0.05, 0) is 51.1 Å². The third kappa shape index (κ3) is 6.63. The summed E-state index contributed by atoms with van der Waals surface area (Å²) in [6.07, 6.45) is 3.02. The summed E-state index contributed by atoms with van der Waals surface area (Å²) in [7, 11) is 3.78. The fraction of sp³-hybridized carbons (Fsp3) is 0.529. The van der Waals surface area contributed by atoms with E-state index in [1.807, 2.05) is 12.1 Å². The van der Waals surface area contributed by atoms with Crippen molar-refractivity contribution >= 4 is 0 Å². The Hall–Kier alpha value is -1.54. The Labute approximate surface area is 127 Å². The highest BCUT2D eigenvalue weighted by Crippen LogP contribution is 2.21. The summed E-state index contributed by atoms with van der Waals surface area (Å²) in [6.45, 7) is 2.47. The van der Waals surface area contributed by atoms with Crippen LogP contribution >= 0.6 is 0 Å². The first-order chi connectivity index (χ1) is 10.2. The zero-order valence-corrected chi connectivity index (χ0v) is 13.1. The van der Waals surface area contributed by atoms with E-state index >= 15 is 0 Å². The molecule has 0 spiro atoms. The molecule has 1 aromatic carbocycles. The van der Waals surface area contributed by atoms with E-state index in [2.05, 4.69) is 29.9 Å². The molecule has 116 valence electrons. The van der Waals surface area contributed by atoms with Gasteiger partial charge in [-0.25, -0.2) is 0 Å². The first-order valence-corrected chi connectivity index (χ1v) is 7.36. The number of nitrogens with two attached hydrogens (primary N) is 1. The van der Waals surface area contributed by atoms with Crippen LogP contribution in [0.15, 0.2) is 18.2 Å². The van der Waals surface area contributed by atoms with Crippen molar-refractivity contribution in [2.45, 2.75) is 25.8 Å². The maximum atomic E-state index is 8.78. The molecule has 0 unspecified atom stereocenters. The number of aliphatic hydroxyl groups is 1. The molecule has 1 rings (SSSR count). The van der Waals surface area contributed by atoms with Gasteiger partial charge in [-0.2, -0.15) is 0 Å². The monoisotopic (exact) mass is 290 g/mol. The number of methoxy groups -OCH3 is 1. The van der Waals surface area contributed by atoms with Gasteiger partial charge in [-0.1, -0.05) is 11.8 Å². The average Bonchev–Trinajstić information content (AvgIpc) is 2.50. The van der Waals surface area contributed by atoms with E-state index in [0.717, 1.165) is 49.2 Å². The molecule has 0 heterocycles. The van der Waals surface area contributed by atoms with E-state index in [1.54, 1.807) is 7.11 Å². The molecular weight excluding hydrogens is 264 g/mol. The zero-order valence-electron chi connectivity index (χ0n) is 13.1. The summed E-state index contributed by atoms with van der Waals surface area (Å²) in [6, 6.07) is 5.97. The SMILES string of the molecule is COc1ccc(C#CCN)cc1CN(C)CCCCCO. The lowest BCUT2D eigenvalue weighted by Gasteiger charge is -2.18. The van der Waals surface area contributed by atoms with Gasteiger partial charge >= 0.3 is 0 Å². The molecule has 0 atom stereocenters. The number of hydrogen-bond acceptors (Lipinski definition) is 4. The summed E-state index contributed by atoms with van der Waals surface area (Å²) in [4.78, 5) is 2.26. The van der Waals surface area contributed by atoms with Crippen molar-refractivity contribution in [3.63, 3.8) is 0 Å². The highest BCUT2D eigenvalue weighted by molar-refractivity contribution is 5.44. The summed E-state index contributed by atoms with van der Waals surface area (Å²) < 4.78 is 5.42. The largest absolute Gasteiger partial charge is 0.496 e. The van der Waals surface area contributed by atoms with Gasteiger partial charge < -0.3 is 20.5 Å². The molecule has 0 aromatic heterocycles. The number of ether oxygens (including phenoxy) is 1. The maximum Gasteiger partial charge on any atom is 0.123 e. The van der Waals surface area contributed by atoms with Gasteiger partial charge in [0.2, 0.25) is 0 Å². The number of hydrogen-bond donors (Lipinski definition) is 2. The smallest absolute Gasteiger partial charge is 0.123 e. The Bertz CT molecular complexity index is 477. The molecule has 21 heavy (non-hydrogen) atoms. The van der Waals surface area contributed by atoms with E-state index in [4.69, 9.17) is 15.6 Å². The van der Waals surface area contributed by atoms with Crippen LogP contribution in [0.1, 0.15) is 30.4 Å². The Balaban J connectivity index is 2.66. The van der Waals surface area contributed by atoms with E-state index in [0.29, 0.717) is 6.54 Å². The van der Waals surface area contributed by atoms with Crippen molar-refractivity contribution in [2.24, 2.45) is 5.73 Å². The lowest BCUT2D eigenvalue weighted by molar-refractivity contribution is 0.270. The van der Waals surface area contributed by atoms with Crippen LogP contribution in [-0.2, 0) is 6.54 Å². The Morgan fingerprint density at radius 3 is 2.76 bits per heavy atom. The van der Waals surface area contributed by atoms with Crippen LogP contribution in [-0.4, -0.2) is 43.9 Å². The van der Waals surface area contributed by atoms with Crippen LogP contribution in [0, 0.1) is 11.8 Å². The molecule has 4 nitrogen and oxygen atoms in total. The van der Waals surface area contributed by atoms with Crippen molar-refractivity contribution in [3.8, 4) is 17.6 Å². The van der Waals surface area contributed by atoms with E-state index < -0.39 is 0 Å². The Morgan fingerprint density at radius 2 is 2.10 bits per heavy atom. The zero-order chi connectivity index (χ0) is 15.5. The van der Waals surface area contributed by atoms with Crippen molar-refractivity contribution in [1.82, 2.24) is 4.90 Å². The maximum absolute atomic E-state index is 8.78. The third-order valence-corrected chi connectivity index (χ3v) is 3.25. The predicted molar refractivity (Wildman–Crippen MR) is 86.2 cm³/mol. The van der Waals surface area contributed by atoms with E-state index in [1.165, 1.54) is 0 Å². The van der Waals surface area contributed by atoms with Crippen molar-refractivity contribution in [2.75, 3.05) is 33.9 Å². The first-order valence-electron chi connectivity index (χ1n) is 7.36. The lowest BCUT2D eigenvalue weighted by Crippen LogP contribution is -2.19. The highest BCUT2D eigenvalue weighted by atomic mass is 16.5. The number of rotatable bonds is 8. The number of benzene rings is 1. The average molecular weight is 290 g/mol. The minimum Gasteiger partial charge on any atom is -0.496 e. The second kappa shape index (κ2) is 10.2. The number of unbranched alkanes of at least 4 members (excludes halogenated alkanes) is 2. The molecule has 3 N–H and O–H groups in total. The fourth-order valence-electron chi connectivity index (χ4n) is 2.17. The number of nitrogens with zero attached hydrogens (tertiary/aromatic N) is 1. The standard InChI is InChI=1S/C17H26N2O2/c1-19(11-4-3-5-12-20)14-16-13-15(7-6-10-18)8-9-17(16)21-2/h8-9,13,20H,3-5,10-12,14,18H2,1-2H3. The second-order valence-electron chi connectivity index (χ2n) is 5.05. The lowest BCUT2D eigenvalue weighted by atomic mass is 10.1. The van der Waals surface area contributed by atoms with Crippen LogP contribution < -0.4 is 10.5 Å². The van der Waals surface area contributed by atoms with Gasteiger partial charge in [0, 0.05) is 24.3 Å². The summed E-state index contributed by atoms with van der Waals surface area (Å²) in [5.41, 5.74) is 7.50. The van der Waals surface area contributed by atoms with Gasteiger partial charge in [-0.3, -0.25) is 0 Å². The van der Waals surface area contributed by atoms with Crippen LogP contribution in [0.5, 0.6) is 5.75 Å². The molecule has 1 aromatic rings. The van der Waals surface area contributed by atoms with E-state index in [-0.39, 0.29) is 6.61 Å². The summed E-state index contributed by atoms with van der Waals surface area (Å²) in [5, 5.41) is 8.78. The molecular formula is C17H26N2O2. The number of aliphatic hydroxyl groups excluding tert-OH is 1. The quantitative estimate of drug-likeness (QED) is 0.564. The molecule has 0 fully saturated rings.